The summed E-state index contributed by atoms with van der Waals surface area (Å²) in [5.41, 5.74) is 2.49. The monoisotopic (exact) mass is 309 g/mol. The predicted octanol–water partition coefficient (Wildman–Crippen LogP) is 2.70. The highest BCUT2D eigenvalue weighted by molar-refractivity contribution is 5.98. The van der Waals surface area contributed by atoms with Gasteiger partial charge in [0.1, 0.15) is 5.69 Å². The van der Waals surface area contributed by atoms with Gasteiger partial charge in [-0.2, -0.15) is 5.10 Å². The highest BCUT2D eigenvalue weighted by atomic mass is 16.5. The first-order valence-corrected chi connectivity index (χ1v) is 8.03. The van der Waals surface area contributed by atoms with Crippen molar-refractivity contribution < 1.29 is 4.52 Å². The second kappa shape index (κ2) is 6.34. The molecule has 1 saturated heterocycles. The molecule has 1 aliphatic rings. The number of benzene rings is 1. The second-order valence-electron chi connectivity index (χ2n) is 5.90. The summed E-state index contributed by atoms with van der Waals surface area (Å²) in [7, 11) is 0. The Morgan fingerprint density at radius 2 is 2.00 bits per heavy atom. The minimum atomic E-state index is 0.659. The Morgan fingerprint density at radius 1 is 1.17 bits per heavy atom. The zero-order chi connectivity index (χ0) is 15.5. The maximum Gasteiger partial charge on any atom is 0.191 e. The standard InChI is InChI=1S/C17H19N5O/c1-2-4-13(5-3-1)16-15-14(23-22-16)11-20-21-17(15)19-10-12-6-8-18-9-7-12/h1-5,11-12,18H,6-10H2,(H,19,21). The first-order valence-electron chi connectivity index (χ1n) is 8.03. The summed E-state index contributed by atoms with van der Waals surface area (Å²) in [5, 5.41) is 20.3. The van der Waals surface area contributed by atoms with E-state index < -0.39 is 0 Å². The average molecular weight is 309 g/mol. The van der Waals surface area contributed by atoms with Crippen LogP contribution < -0.4 is 10.6 Å². The number of nitrogens with one attached hydrogen (secondary N) is 2. The van der Waals surface area contributed by atoms with Gasteiger partial charge in [-0.25, -0.2) is 0 Å². The Morgan fingerprint density at radius 3 is 2.83 bits per heavy atom. The lowest BCUT2D eigenvalue weighted by Gasteiger charge is -2.22. The molecule has 6 nitrogen and oxygen atoms in total. The van der Waals surface area contributed by atoms with E-state index in [2.05, 4.69) is 26.0 Å². The lowest BCUT2D eigenvalue weighted by atomic mass is 9.98. The second-order valence-corrected chi connectivity index (χ2v) is 5.90. The van der Waals surface area contributed by atoms with E-state index in [9.17, 15) is 0 Å². The zero-order valence-electron chi connectivity index (χ0n) is 12.8. The van der Waals surface area contributed by atoms with Crippen LogP contribution in [0.1, 0.15) is 12.8 Å². The van der Waals surface area contributed by atoms with E-state index in [0.29, 0.717) is 11.5 Å². The van der Waals surface area contributed by atoms with Crippen molar-refractivity contribution in [3.8, 4) is 11.3 Å². The Hall–Kier alpha value is -2.47. The normalized spacial score (nSPS) is 15.8. The van der Waals surface area contributed by atoms with E-state index in [-0.39, 0.29) is 0 Å². The summed E-state index contributed by atoms with van der Waals surface area (Å²) >= 11 is 0. The molecule has 4 rings (SSSR count). The van der Waals surface area contributed by atoms with E-state index >= 15 is 0 Å². The lowest BCUT2D eigenvalue weighted by Crippen LogP contribution is -2.31. The van der Waals surface area contributed by atoms with Crippen LogP contribution in [0.25, 0.3) is 22.2 Å². The number of fused-ring (bicyclic) bond motifs is 1. The number of aromatic nitrogens is 3. The first kappa shape index (κ1) is 14.1. The van der Waals surface area contributed by atoms with Gasteiger partial charge < -0.3 is 15.2 Å². The van der Waals surface area contributed by atoms with Gasteiger partial charge in [-0.15, -0.1) is 5.10 Å². The quantitative estimate of drug-likeness (QED) is 0.772. The molecule has 0 saturated carbocycles. The van der Waals surface area contributed by atoms with E-state index in [4.69, 9.17) is 4.52 Å². The molecular formula is C17H19N5O. The van der Waals surface area contributed by atoms with Crippen LogP contribution in [0.4, 0.5) is 5.82 Å². The van der Waals surface area contributed by atoms with E-state index in [1.807, 2.05) is 30.3 Å². The summed E-state index contributed by atoms with van der Waals surface area (Å²) in [6, 6.07) is 10.0. The third-order valence-corrected chi connectivity index (χ3v) is 4.35. The fourth-order valence-corrected chi connectivity index (χ4v) is 3.05. The molecule has 0 unspecified atom stereocenters. The van der Waals surface area contributed by atoms with E-state index in [0.717, 1.165) is 42.1 Å². The molecule has 23 heavy (non-hydrogen) atoms. The Labute approximate surface area is 134 Å². The van der Waals surface area contributed by atoms with Crippen molar-refractivity contribution in [2.45, 2.75) is 12.8 Å². The Kier molecular flexibility index (Phi) is 3.90. The van der Waals surface area contributed by atoms with Crippen molar-refractivity contribution in [1.29, 1.82) is 0 Å². The van der Waals surface area contributed by atoms with Gasteiger partial charge in [0.25, 0.3) is 0 Å². The maximum absolute atomic E-state index is 5.43. The van der Waals surface area contributed by atoms with Gasteiger partial charge in [-0.3, -0.25) is 0 Å². The minimum absolute atomic E-state index is 0.659. The first-order chi connectivity index (χ1) is 11.4. The molecule has 1 aliphatic heterocycles. The number of hydrogen-bond acceptors (Lipinski definition) is 6. The number of piperidine rings is 1. The molecule has 0 bridgehead atoms. The summed E-state index contributed by atoms with van der Waals surface area (Å²) in [4.78, 5) is 0. The van der Waals surface area contributed by atoms with Crippen LogP contribution in [0.15, 0.2) is 41.1 Å². The van der Waals surface area contributed by atoms with Crippen LogP contribution in [0, 0.1) is 5.92 Å². The summed E-state index contributed by atoms with van der Waals surface area (Å²) in [6.07, 6.45) is 3.99. The Bertz CT molecular complexity index is 780. The summed E-state index contributed by atoms with van der Waals surface area (Å²) < 4.78 is 5.43. The van der Waals surface area contributed by atoms with Crippen LogP contribution in [0.2, 0.25) is 0 Å². The number of anilines is 1. The van der Waals surface area contributed by atoms with Crippen LogP contribution in [-0.4, -0.2) is 35.0 Å². The van der Waals surface area contributed by atoms with Crippen LogP contribution >= 0.6 is 0 Å². The third kappa shape index (κ3) is 2.90. The van der Waals surface area contributed by atoms with Gasteiger partial charge in [0.2, 0.25) is 0 Å². The zero-order valence-corrected chi connectivity index (χ0v) is 12.8. The molecule has 1 fully saturated rings. The lowest BCUT2D eigenvalue weighted by molar-refractivity contribution is 0.389. The predicted molar refractivity (Wildman–Crippen MR) is 89.1 cm³/mol. The number of rotatable bonds is 4. The molecule has 118 valence electrons. The van der Waals surface area contributed by atoms with Gasteiger partial charge in [-0.1, -0.05) is 35.5 Å². The van der Waals surface area contributed by atoms with Gasteiger partial charge >= 0.3 is 0 Å². The van der Waals surface area contributed by atoms with Crippen molar-refractivity contribution in [3.05, 3.63) is 36.5 Å². The van der Waals surface area contributed by atoms with Crippen molar-refractivity contribution >= 4 is 16.8 Å². The molecule has 0 amide bonds. The maximum atomic E-state index is 5.43. The van der Waals surface area contributed by atoms with Crippen LogP contribution in [0.5, 0.6) is 0 Å². The fraction of sp³-hybridized carbons (Fsp3) is 0.353. The molecule has 2 N–H and O–H groups in total. The van der Waals surface area contributed by atoms with E-state index in [1.54, 1.807) is 6.20 Å². The van der Waals surface area contributed by atoms with Gasteiger partial charge in [0, 0.05) is 12.1 Å². The highest BCUT2D eigenvalue weighted by Gasteiger charge is 2.18. The molecular weight excluding hydrogens is 290 g/mol. The Balaban J connectivity index is 1.65. The molecule has 0 spiro atoms. The number of nitrogens with zero attached hydrogens (tertiary/aromatic N) is 3. The van der Waals surface area contributed by atoms with Crippen molar-refractivity contribution in [3.63, 3.8) is 0 Å². The molecule has 1 aromatic carbocycles. The third-order valence-electron chi connectivity index (χ3n) is 4.35. The molecule has 0 radical (unpaired) electrons. The van der Waals surface area contributed by atoms with Gasteiger partial charge in [-0.05, 0) is 31.8 Å². The molecule has 3 heterocycles. The average Bonchev–Trinajstić information content (AvgIpc) is 3.06. The van der Waals surface area contributed by atoms with Crippen molar-refractivity contribution in [2.24, 2.45) is 5.92 Å². The smallest absolute Gasteiger partial charge is 0.191 e. The SMILES string of the molecule is c1ccc(-c2noc3cnnc(NCC4CCNCC4)c23)cc1. The molecule has 6 heteroatoms. The van der Waals surface area contributed by atoms with E-state index in [1.165, 1.54) is 12.8 Å². The van der Waals surface area contributed by atoms with Crippen LogP contribution in [-0.2, 0) is 0 Å². The van der Waals surface area contributed by atoms with Crippen LogP contribution in [0.3, 0.4) is 0 Å². The van der Waals surface area contributed by atoms with Crippen molar-refractivity contribution in [1.82, 2.24) is 20.7 Å². The fourth-order valence-electron chi connectivity index (χ4n) is 3.05. The largest absolute Gasteiger partial charge is 0.368 e. The molecule has 2 aromatic heterocycles. The summed E-state index contributed by atoms with van der Waals surface area (Å²) in [5.74, 6) is 1.41. The minimum Gasteiger partial charge on any atom is -0.368 e. The van der Waals surface area contributed by atoms with Crippen molar-refractivity contribution in [2.75, 3.05) is 25.0 Å². The van der Waals surface area contributed by atoms with Gasteiger partial charge in [0.05, 0.1) is 11.6 Å². The topological polar surface area (TPSA) is 75.9 Å². The number of hydrogen-bond donors (Lipinski definition) is 2. The molecule has 0 atom stereocenters. The molecule has 3 aromatic rings. The summed E-state index contributed by atoms with van der Waals surface area (Å²) in [6.45, 7) is 3.07. The highest BCUT2D eigenvalue weighted by Crippen LogP contribution is 2.31. The molecule has 0 aliphatic carbocycles. The van der Waals surface area contributed by atoms with Gasteiger partial charge in [0.15, 0.2) is 11.4 Å².